The second-order valence-electron chi connectivity index (χ2n) is 10.9. The Kier molecular flexibility index (Phi) is 22.0. The van der Waals surface area contributed by atoms with Gasteiger partial charge in [-0.25, -0.2) is 4.57 Å². The highest BCUT2D eigenvalue weighted by atomic mass is 31.2. The molecule has 0 bridgehead atoms. The lowest BCUT2D eigenvalue weighted by atomic mass is 10.0. The van der Waals surface area contributed by atoms with Gasteiger partial charge in [-0.15, -0.1) is 0 Å². The van der Waals surface area contributed by atoms with Gasteiger partial charge in [-0.2, -0.15) is 0 Å². The van der Waals surface area contributed by atoms with Gasteiger partial charge in [0.1, 0.15) is 25.4 Å². The quantitative estimate of drug-likeness (QED) is 0.0612. The number of methoxy groups -OCH3 is 1. The molecule has 37 heavy (non-hydrogen) atoms. The number of unbranched alkanes of at least 4 members (excludes halogenated alkanes) is 11. The second-order valence-corrected chi connectivity index (χ2v) is 12.4. The number of hydrogen-bond acceptors (Lipinski definition) is 7. The van der Waals surface area contributed by atoms with Crippen molar-refractivity contribution >= 4 is 13.8 Å². The van der Waals surface area contributed by atoms with Crippen LogP contribution in [0.1, 0.15) is 97.3 Å². The molecule has 0 aromatic carbocycles. The molecule has 0 aromatic rings. The molecular weight excluding hydrogens is 497 g/mol. The first-order valence-corrected chi connectivity index (χ1v) is 15.7. The van der Waals surface area contributed by atoms with Gasteiger partial charge in [0.05, 0.1) is 41.0 Å². The largest absolute Gasteiger partial charge is 0.472 e. The van der Waals surface area contributed by atoms with Gasteiger partial charge in [0.2, 0.25) is 0 Å². The molecule has 3 atom stereocenters. The number of esters is 1. The van der Waals surface area contributed by atoms with Crippen molar-refractivity contribution in [3.63, 3.8) is 0 Å². The molecule has 0 fully saturated rings. The third-order valence-electron chi connectivity index (χ3n) is 6.09. The fraction of sp³-hybridized carbons (Fsp3) is 0.963. The number of rotatable bonds is 26. The van der Waals surface area contributed by atoms with Gasteiger partial charge in [0.15, 0.2) is 0 Å². The predicted molar refractivity (Wildman–Crippen MR) is 147 cm³/mol. The molecule has 0 aliphatic carbocycles. The first kappa shape index (κ1) is 36.5. The molecule has 9 nitrogen and oxygen atoms in total. The van der Waals surface area contributed by atoms with E-state index in [1.54, 1.807) is 0 Å². The fourth-order valence-electron chi connectivity index (χ4n) is 3.78. The maximum absolute atomic E-state index is 12.1. The summed E-state index contributed by atoms with van der Waals surface area (Å²) in [5.41, 5.74) is 0. The van der Waals surface area contributed by atoms with Crippen LogP contribution in [0.3, 0.4) is 0 Å². The van der Waals surface area contributed by atoms with Crippen molar-refractivity contribution in [2.24, 2.45) is 0 Å². The molecule has 1 N–H and O–H groups in total. The van der Waals surface area contributed by atoms with Gasteiger partial charge in [-0.1, -0.05) is 77.6 Å². The maximum atomic E-state index is 12.1. The van der Waals surface area contributed by atoms with E-state index in [9.17, 15) is 14.3 Å². The van der Waals surface area contributed by atoms with E-state index in [1.807, 2.05) is 21.1 Å². The Labute approximate surface area is 226 Å². The van der Waals surface area contributed by atoms with Crippen LogP contribution in [0.4, 0.5) is 0 Å². The van der Waals surface area contributed by atoms with Gasteiger partial charge in [0.25, 0.3) is 0 Å². The van der Waals surface area contributed by atoms with Crippen molar-refractivity contribution in [1.29, 1.82) is 0 Å². The van der Waals surface area contributed by atoms with E-state index < -0.39 is 13.9 Å². The standard InChI is InChI=1S/C27H56NO8P/c1-7-8-9-10-11-12-13-14-15-16-17-18-19-26(36-25(2)29)22-33-23-27(32-6)24-35-37(30,31)34-21-20-28(3,4)5/h26-27H,7-24H2,1-6H3/p+1. The SMILES string of the molecule is CCCCCCCCCCCCCCC(COCC(COP(=O)(O)OCC[N+](C)(C)C)OC)OC(C)=O. The van der Waals surface area contributed by atoms with E-state index in [0.717, 1.165) is 19.3 Å². The molecular formula is C27H57NO8P+. The Morgan fingerprint density at radius 1 is 0.811 bits per heavy atom. The minimum atomic E-state index is -4.17. The topological polar surface area (TPSA) is 101 Å². The first-order valence-electron chi connectivity index (χ1n) is 14.2. The molecule has 0 aliphatic heterocycles. The average Bonchev–Trinajstić information content (AvgIpc) is 2.80. The van der Waals surface area contributed by atoms with Gasteiger partial charge in [-0.05, 0) is 12.8 Å². The van der Waals surface area contributed by atoms with Gasteiger partial charge in [-0.3, -0.25) is 13.8 Å². The molecule has 0 spiro atoms. The summed E-state index contributed by atoms with van der Waals surface area (Å²) in [6.45, 7) is 4.57. The highest BCUT2D eigenvalue weighted by Crippen LogP contribution is 2.43. The number of nitrogens with zero attached hydrogens (tertiary/aromatic N) is 1. The Balaban J connectivity index is 4.08. The zero-order valence-electron chi connectivity index (χ0n) is 24.6. The van der Waals surface area contributed by atoms with E-state index in [-0.39, 0.29) is 38.5 Å². The average molecular weight is 555 g/mol. The van der Waals surface area contributed by atoms with E-state index in [1.165, 1.54) is 78.2 Å². The number of phosphoric acid groups is 1. The van der Waals surface area contributed by atoms with Gasteiger partial charge in [0, 0.05) is 14.0 Å². The first-order chi connectivity index (χ1) is 17.5. The summed E-state index contributed by atoms with van der Waals surface area (Å²) >= 11 is 0. The number of quaternary nitrogens is 1. The molecule has 0 amide bonds. The zero-order valence-corrected chi connectivity index (χ0v) is 25.5. The number of phosphoric ester groups is 1. The maximum Gasteiger partial charge on any atom is 0.472 e. The van der Waals surface area contributed by atoms with Crippen LogP contribution in [0.5, 0.6) is 0 Å². The van der Waals surface area contributed by atoms with Gasteiger partial charge >= 0.3 is 13.8 Å². The summed E-state index contributed by atoms with van der Waals surface area (Å²) in [6, 6.07) is 0. The van der Waals surface area contributed by atoms with Crippen molar-refractivity contribution in [3.05, 3.63) is 0 Å². The lowest BCUT2D eigenvalue weighted by Crippen LogP contribution is -2.37. The highest BCUT2D eigenvalue weighted by molar-refractivity contribution is 7.47. The molecule has 3 unspecified atom stereocenters. The monoisotopic (exact) mass is 554 g/mol. The summed E-state index contributed by atoms with van der Waals surface area (Å²) < 4.78 is 39.2. The van der Waals surface area contributed by atoms with E-state index in [2.05, 4.69) is 6.92 Å². The van der Waals surface area contributed by atoms with Crippen LogP contribution >= 0.6 is 7.82 Å². The minimum absolute atomic E-state index is 0.106. The van der Waals surface area contributed by atoms with Crippen LogP contribution in [0.15, 0.2) is 0 Å². The Morgan fingerprint density at radius 3 is 1.81 bits per heavy atom. The van der Waals surface area contributed by atoms with Crippen LogP contribution < -0.4 is 0 Å². The van der Waals surface area contributed by atoms with Crippen molar-refractivity contribution in [3.8, 4) is 0 Å². The normalized spacial score (nSPS) is 15.3. The minimum Gasteiger partial charge on any atom is -0.460 e. The van der Waals surface area contributed by atoms with E-state index in [4.69, 9.17) is 23.3 Å². The van der Waals surface area contributed by atoms with Crippen molar-refractivity contribution in [2.45, 2.75) is 110 Å². The molecule has 10 heteroatoms. The molecule has 0 radical (unpaired) electrons. The summed E-state index contributed by atoms with van der Waals surface area (Å²) in [5, 5.41) is 0. The number of ether oxygens (including phenoxy) is 3. The smallest absolute Gasteiger partial charge is 0.460 e. The molecule has 0 saturated heterocycles. The fourth-order valence-corrected chi connectivity index (χ4v) is 4.53. The number of likely N-dealkylation sites (N-methyl/N-ethyl adjacent to an activating group) is 1. The Morgan fingerprint density at radius 2 is 1.32 bits per heavy atom. The predicted octanol–water partition coefficient (Wildman–Crippen LogP) is 5.88. The van der Waals surface area contributed by atoms with Crippen molar-refractivity contribution in [2.75, 3.05) is 61.2 Å². The summed E-state index contributed by atoms with van der Waals surface area (Å²) in [5.74, 6) is -0.327. The molecule has 0 aliphatic rings. The third-order valence-corrected chi connectivity index (χ3v) is 7.08. The van der Waals surface area contributed by atoms with E-state index >= 15 is 0 Å². The van der Waals surface area contributed by atoms with Crippen LogP contribution in [-0.4, -0.2) is 88.8 Å². The van der Waals surface area contributed by atoms with Crippen LogP contribution in [0.25, 0.3) is 0 Å². The van der Waals surface area contributed by atoms with Crippen molar-refractivity contribution in [1.82, 2.24) is 0 Å². The van der Waals surface area contributed by atoms with Crippen LogP contribution in [-0.2, 0) is 32.6 Å². The lowest BCUT2D eigenvalue weighted by molar-refractivity contribution is -0.870. The second kappa shape index (κ2) is 22.3. The van der Waals surface area contributed by atoms with Gasteiger partial charge < -0.3 is 23.6 Å². The summed E-state index contributed by atoms with van der Waals surface area (Å²) in [6.07, 6.45) is 15.2. The van der Waals surface area contributed by atoms with Crippen LogP contribution in [0, 0.1) is 0 Å². The number of carbonyl (C=O) groups is 1. The Bertz CT molecular complexity index is 599. The van der Waals surface area contributed by atoms with Crippen molar-refractivity contribution < 1.29 is 42.0 Å². The molecule has 222 valence electrons. The number of carbonyl (C=O) groups excluding carboxylic acids is 1. The molecule has 0 rings (SSSR count). The zero-order chi connectivity index (χ0) is 28.0. The van der Waals surface area contributed by atoms with E-state index in [0.29, 0.717) is 11.0 Å². The molecule has 0 saturated carbocycles. The molecule has 0 aromatic heterocycles. The molecule has 0 heterocycles. The summed E-state index contributed by atoms with van der Waals surface area (Å²) in [4.78, 5) is 21.4. The van der Waals surface area contributed by atoms with Crippen LogP contribution in [0.2, 0.25) is 0 Å². The highest BCUT2D eigenvalue weighted by Gasteiger charge is 2.25. The summed E-state index contributed by atoms with van der Waals surface area (Å²) in [7, 11) is 3.20. The number of hydrogen-bond donors (Lipinski definition) is 1. The third kappa shape index (κ3) is 25.5. The Hall–Kier alpha value is -0.540. The lowest BCUT2D eigenvalue weighted by Gasteiger charge is -2.24.